The molecule has 1 unspecified atom stereocenters. The number of aliphatic carboxylic acids is 1. The van der Waals surface area contributed by atoms with Gasteiger partial charge < -0.3 is 14.6 Å². The van der Waals surface area contributed by atoms with Crippen molar-refractivity contribution in [2.75, 3.05) is 19.7 Å². The van der Waals surface area contributed by atoms with Crippen LogP contribution in [-0.4, -0.2) is 35.7 Å². The summed E-state index contributed by atoms with van der Waals surface area (Å²) in [6.45, 7) is 5.05. The lowest BCUT2D eigenvalue weighted by atomic mass is 9.87. The summed E-state index contributed by atoms with van der Waals surface area (Å²) in [5, 5.41) is 9.26. The molecular weight excluding hydrogens is 342 g/mol. The molecule has 5 heteroatoms. The molecule has 2 aliphatic heterocycles. The fourth-order valence-electron chi connectivity index (χ4n) is 4.02. The van der Waals surface area contributed by atoms with Crippen molar-refractivity contribution in [3.63, 3.8) is 0 Å². The van der Waals surface area contributed by atoms with E-state index in [1.54, 1.807) is 0 Å². The molecule has 5 nitrogen and oxygen atoms in total. The SMILES string of the molecule is CC1CN(Cc2ccc([C@H]3COc4ccccc4O3)cc2)CC[C@H]1C(=O)O. The lowest BCUT2D eigenvalue weighted by molar-refractivity contribution is -0.145. The van der Waals surface area contributed by atoms with Gasteiger partial charge in [-0.3, -0.25) is 9.69 Å². The molecule has 1 N–H and O–H groups in total. The van der Waals surface area contributed by atoms with Crippen molar-refractivity contribution in [3.05, 3.63) is 59.7 Å². The topological polar surface area (TPSA) is 59.0 Å². The molecule has 1 fully saturated rings. The number of ether oxygens (including phenoxy) is 2. The molecule has 27 heavy (non-hydrogen) atoms. The van der Waals surface area contributed by atoms with E-state index >= 15 is 0 Å². The molecule has 0 aromatic heterocycles. The Balaban J connectivity index is 1.37. The Bertz CT molecular complexity index is 804. The minimum Gasteiger partial charge on any atom is -0.485 e. The van der Waals surface area contributed by atoms with E-state index in [0.717, 1.165) is 43.1 Å². The van der Waals surface area contributed by atoms with Crippen molar-refractivity contribution in [2.45, 2.75) is 26.0 Å². The van der Waals surface area contributed by atoms with E-state index < -0.39 is 5.97 Å². The summed E-state index contributed by atoms with van der Waals surface area (Å²) in [7, 11) is 0. The van der Waals surface area contributed by atoms with E-state index in [0.29, 0.717) is 6.61 Å². The predicted molar refractivity (Wildman–Crippen MR) is 102 cm³/mol. The van der Waals surface area contributed by atoms with Crippen molar-refractivity contribution in [3.8, 4) is 11.5 Å². The van der Waals surface area contributed by atoms with E-state index in [-0.39, 0.29) is 17.9 Å². The number of hydrogen-bond acceptors (Lipinski definition) is 4. The van der Waals surface area contributed by atoms with Gasteiger partial charge in [0.25, 0.3) is 0 Å². The summed E-state index contributed by atoms with van der Waals surface area (Å²) in [5.74, 6) is 0.887. The largest absolute Gasteiger partial charge is 0.485 e. The summed E-state index contributed by atoms with van der Waals surface area (Å²) in [6.07, 6.45) is 0.626. The van der Waals surface area contributed by atoms with Crippen LogP contribution in [0.4, 0.5) is 0 Å². The van der Waals surface area contributed by atoms with Crippen LogP contribution in [0.1, 0.15) is 30.6 Å². The monoisotopic (exact) mass is 367 g/mol. The quantitative estimate of drug-likeness (QED) is 0.892. The summed E-state index contributed by atoms with van der Waals surface area (Å²) in [6, 6.07) is 16.2. The number of nitrogens with zero attached hydrogens (tertiary/aromatic N) is 1. The highest BCUT2D eigenvalue weighted by Gasteiger charge is 2.31. The zero-order valence-electron chi connectivity index (χ0n) is 15.5. The number of piperidine rings is 1. The van der Waals surface area contributed by atoms with Crippen LogP contribution in [0.25, 0.3) is 0 Å². The molecule has 2 aliphatic rings. The maximum absolute atomic E-state index is 11.3. The van der Waals surface area contributed by atoms with Gasteiger partial charge in [0.2, 0.25) is 0 Å². The average Bonchev–Trinajstić information content (AvgIpc) is 2.68. The summed E-state index contributed by atoms with van der Waals surface area (Å²) in [5.41, 5.74) is 2.34. The zero-order valence-corrected chi connectivity index (χ0v) is 15.5. The molecule has 1 saturated heterocycles. The van der Waals surface area contributed by atoms with Crippen molar-refractivity contribution in [1.82, 2.24) is 4.90 Å². The van der Waals surface area contributed by atoms with E-state index in [4.69, 9.17) is 9.47 Å². The van der Waals surface area contributed by atoms with Gasteiger partial charge in [-0.25, -0.2) is 0 Å². The van der Waals surface area contributed by atoms with E-state index in [1.807, 2.05) is 31.2 Å². The number of hydrogen-bond donors (Lipinski definition) is 1. The third kappa shape index (κ3) is 3.93. The van der Waals surface area contributed by atoms with Gasteiger partial charge in [0.05, 0.1) is 5.92 Å². The first-order valence-corrected chi connectivity index (χ1v) is 9.52. The van der Waals surface area contributed by atoms with Crippen LogP contribution >= 0.6 is 0 Å². The fourth-order valence-corrected chi connectivity index (χ4v) is 4.02. The summed E-state index contributed by atoms with van der Waals surface area (Å²) >= 11 is 0. The Hall–Kier alpha value is -2.53. The van der Waals surface area contributed by atoms with Crippen LogP contribution in [0.2, 0.25) is 0 Å². The standard InChI is InChI=1S/C22H25NO4/c1-15-12-23(11-10-18(15)22(24)25)13-16-6-8-17(9-7-16)21-14-26-19-4-2-3-5-20(19)27-21/h2-9,15,18,21H,10-14H2,1H3,(H,24,25)/t15?,18-,21-/m1/s1. The summed E-state index contributed by atoms with van der Waals surface area (Å²) in [4.78, 5) is 13.6. The number of para-hydroxylation sites is 2. The highest BCUT2D eigenvalue weighted by Crippen LogP contribution is 2.36. The summed E-state index contributed by atoms with van der Waals surface area (Å²) < 4.78 is 11.9. The second kappa shape index (κ2) is 7.61. The second-order valence-corrected chi connectivity index (χ2v) is 7.55. The molecule has 0 spiro atoms. The molecule has 0 bridgehead atoms. The van der Waals surface area contributed by atoms with E-state index in [1.165, 1.54) is 5.56 Å². The van der Waals surface area contributed by atoms with Gasteiger partial charge in [-0.15, -0.1) is 0 Å². The molecule has 2 aromatic rings. The smallest absolute Gasteiger partial charge is 0.306 e. The first-order chi connectivity index (χ1) is 13.1. The number of rotatable bonds is 4. The van der Waals surface area contributed by atoms with Crippen molar-refractivity contribution in [2.24, 2.45) is 11.8 Å². The van der Waals surface area contributed by atoms with Gasteiger partial charge >= 0.3 is 5.97 Å². The molecular formula is C22H25NO4. The predicted octanol–water partition coefficient (Wildman–Crippen LogP) is 3.74. The molecule has 2 aromatic carbocycles. The van der Waals surface area contributed by atoms with E-state index in [9.17, 15) is 9.90 Å². The van der Waals surface area contributed by atoms with Gasteiger partial charge in [-0.1, -0.05) is 43.3 Å². The van der Waals surface area contributed by atoms with Crippen LogP contribution in [0.5, 0.6) is 11.5 Å². The van der Waals surface area contributed by atoms with Crippen molar-refractivity contribution >= 4 is 5.97 Å². The van der Waals surface area contributed by atoms with Crippen molar-refractivity contribution in [1.29, 1.82) is 0 Å². The number of likely N-dealkylation sites (tertiary alicyclic amines) is 1. The third-order valence-electron chi connectivity index (χ3n) is 5.57. The Labute approximate surface area is 159 Å². The minimum atomic E-state index is -0.664. The Morgan fingerprint density at radius 1 is 1.15 bits per heavy atom. The lowest BCUT2D eigenvalue weighted by Crippen LogP contribution is -2.41. The fraction of sp³-hybridized carbons (Fsp3) is 0.409. The van der Waals surface area contributed by atoms with Crippen LogP contribution < -0.4 is 9.47 Å². The lowest BCUT2D eigenvalue weighted by Gasteiger charge is -2.35. The number of carboxylic acids is 1. The Kier molecular flexibility index (Phi) is 5.03. The highest BCUT2D eigenvalue weighted by atomic mass is 16.6. The van der Waals surface area contributed by atoms with Gasteiger partial charge in [0, 0.05) is 13.1 Å². The second-order valence-electron chi connectivity index (χ2n) is 7.55. The average molecular weight is 367 g/mol. The minimum absolute atomic E-state index is 0.0970. The Morgan fingerprint density at radius 2 is 1.89 bits per heavy atom. The maximum atomic E-state index is 11.3. The third-order valence-corrected chi connectivity index (χ3v) is 5.57. The van der Waals surface area contributed by atoms with Gasteiger partial charge in [-0.05, 0) is 42.1 Å². The highest BCUT2D eigenvalue weighted by molar-refractivity contribution is 5.70. The van der Waals surface area contributed by atoms with Gasteiger partial charge in [0.1, 0.15) is 6.61 Å². The van der Waals surface area contributed by atoms with E-state index in [2.05, 4.69) is 29.2 Å². The first kappa shape index (κ1) is 17.9. The molecule has 0 amide bonds. The number of carboxylic acid groups (broad SMARTS) is 1. The number of benzene rings is 2. The molecule has 2 heterocycles. The van der Waals surface area contributed by atoms with Crippen LogP contribution in [-0.2, 0) is 11.3 Å². The van der Waals surface area contributed by atoms with Crippen LogP contribution in [0.3, 0.4) is 0 Å². The maximum Gasteiger partial charge on any atom is 0.306 e. The normalized spacial score (nSPS) is 25.1. The molecule has 0 saturated carbocycles. The van der Waals surface area contributed by atoms with Crippen LogP contribution in [0.15, 0.2) is 48.5 Å². The molecule has 0 aliphatic carbocycles. The number of fused-ring (bicyclic) bond motifs is 1. The first-order valence-electron chi connectivity index (χ1n) is 9.52. The Morgan fingerprint density at radius 3 is 2.59 bits per heavy atom. The van der Waals surface area contributed by atoms with Gasteiger partial charge in [-0.2, -0.15) is 0 Å². The van der Waals surface area contributed by atoms with Crippen LogP contribution in [0, 0.1) is 11.8 Å². The molecule has 4 rings (SSSR count). The van der Waals surface area contributed by atoms with Crippen molar-refractivity contribution < 1.29 is 19.4 Å². The molecule has 142 valence electrons. The molecule has 0 radical (unpaired) electrons. The molecule has 3 atom stereocenters. The van der Waals surface area contributed by atoms with Gasteiger partial charge in [0.15, 0.2) is 17.6 Å². The zero-order chi connectivity index (χ0) is 18.8. The number of carbonyl (C=O) groups is 1.